The van der Waals surface area contributed by atoms with Gasteiger partial charge in [-0.25, -0.2) is 0 Å². The maximum Gasteiger partial charge on any atom is 0.0708 e. The summed E-state index contributed by atoms with van der Waals surface area (Å²) in [6, 6.07) is 12.7. The van der Waals surface area contributed by atoms with Crippen LogP contribution >= 0.6 is 0 Å². The first-order valence-electron chi connectivity index (χ1n) is 7.34. The molecule has 1 heteroatoms. The molecule has 1 heterocycles. The maximum absolute atomic E-state index is 4.77. The van der Waals surface area contributed by atoms with Crippen molar-refractivity contribution in [2.24, 2.45) is 10.9 Å². The van der Waals surface area contributed by atoms with Gasteiger partial charge in [-0.3, -0.25) is 4.99 Å². The van der Waals surface area contributed by atoms with Gasteiger partial charge in [-0.2, -0.15) is 0 Å². The quantitative estimate of drug-likeness (QED) is 0.690. The van der Waals surface area contributed by atoms with Gasteiger partial charge in [0.25, 0.3) is 0 Å². The number of hydrogen-bond acceptors (Lipinski definition) is 1. The fourth-order valence-electron chi connectivity index (χ4n) is 2.54. The second-order valence-electron chi connectivity index (χ2n) is 5.36. The van der Waals surface area contributed by atoms with Gasteiger partial charge in [-0.15, -0.1) is 0 Å². The molecule has 104 valence electrons. The molecule has 0 radical (unpaired) electrons. The Morgan fingerprint density at radius 2 is 1.95 bits per heavy atom. The van der Waals surface area contributed by atoms with Crippen LogP contribution in [0.25, 0.3) is 16.8 Å². The van der Waals surface area contributed by atoms with Crippen molar-refractivity contribution in [2.75, 3.05) is 0 Å². The molecule has 0 amide bonds. The van der Waals surface area contributed by atoms with E-state index in [4.69, 9.17) is 4.99 Å². The van der Waals surface area contributed by atoms with E-state index in [1.54, 1.807) is 0 Å². The molecule has 21 heavy (non-hydrogen) atoms. The van der Waals surface area contributed by atoms with Crippen molar-refractivity contribution in [2.45, 2.75) is 13.3 Å². The summed E-state index contributed by atoms with van der Waals surface area (Å²) in [4.78, 5) is 4.77. The Balaban J connectivity index is 2.34. The molecule has 0 aromatic heterocycles. The molecule has 2 aromatic rings. The predicted octanol–water partition coefficient (Wildman–Crippen LogP) is 3.91. The zero-order valence-electron chi connectivity index (χ0n) is 12.3. The van der Waals surface area contributed by atoms with Crippen LogP contribution in [0.15, 0.2) is 78.0 Å². The van der Waals surface area contributed by atoms with Crippen LogP contribution < -0.4 is 10.6 Å². The van der Waals surface area contributed by atoms with Crippen molar-refractivity contribution in [1.29, 1.82) is 0 Å². The van der Waals surface area contributed by atoms with E-state index in [1.165, 1.54) is 16.0 Å². The van der Waals surface area contributed by atoms with E-state index in [0.29, 0.717) is 0 Å². The molecule has 0 unspecified atom stereocenters. The number of benzene rings is 2. The van der Waals surface area contributed by atoms with Gasteiger partial charge in [0.1, 0.15) is 0 Å². The Labute approximate surface area is 125 Å². The molecule has 0 saturated carbocycles. The van der Waals surface area contributed by atoms with Crippen LogP contribution in [0.5, 0.6) is 0 Å². The molecule has 1 nitrogen and oxygen atoms in total. The van der Waals surface area contributed by atoms with E-state index in [1.807, 2.05) is 0 Å². The van der Waals surface area contributed by atoms with Crippen molar-refractivity contribution >= 4 is 16.8 Å². The molecule has 2 aromatic carbocycles. The lowest BCUT2D eigenvalue weighted by atomic mass is 10.1. The van der Waals surface area contributed by atoms with Crippen LogP contribution in [-0.4, -0.2) is 0 Å². The van der Waals surface area contributed by atoms with E-state index in [-0.39, 0.29) is 5.92 Å². The van der Waals surface area contributed by atoms with Crippen LogP contribution in [0.2, 0.25) is 0 Å². The molecule has 1 atom stereocenters. The Hall–Kier alpha value is -2.41. The average Bonchev–Trinajstić information content (AvgIpc) is 2.53. The van der Waals surface area contributed by atoms with Gasteiger partial charge in [0, 0.05) is 16.8 Å². The number of nitrogens with zero attached hydrogens (tertiary/aromatic N) is 1. The molecule has 0 spiro atoms. The maximum atomic E-state index is 4.77. The average molecular weight is 273 g/mol. The van der Waals surface area contributed by atoms with Gasteiger partial charge in [0.2, 0.25) is 0 Å². The Bertz CT molecular complexity index is 853. The van der Waals surface area contributed by atoms with Crippen LogP contribution in [0, 0.1) is 5.92 Å². The molecule has 0 fully saturated rings. The predicted molar refractivity (Wildman–Crippen MR) is 90.4 cm³/mol. The number of hydrogen-bond donors (Lipinski definition) is 0. The third kappa shape index (κ3) is 2.87. The van der Waals surface area contributed by atoms with E-state index in [2.05, 4.69) is 80.3 Å². The summed E-state index contributed by atoms with van der Waals surface area (Å²) in [6.07, 6.45) is 11.6. The highest BCUT2D eigenvalue weighted by Gasteiger charge is 2.02. The lowest BCUT2D eigenvalue weighted by molar-refractivity contribution is 0.840. The fraction of sp³-hybridized carbons (Fsp3) is 0.150. The minimum atomic E-state index is 0.243. The molecule has 0 aliphatic carbocycles. The second kappa shape index (κ2) is 5.92. The molecule has 0 saturated heterocycles. The minimum absolute atomic E-state index is 0.243. The number of rotatable bonds is 0. The first kappa shape index (κ1) is 13.6. The highest BCUT2D eigenvalue weighted by atomic mass is 14.7. The molecule has 1 aliphatic rings. The van der Waals surface area contributed by atoms with E-state index < -0.39 is 0 Å². The SMILES string of the molecule is C=C1/N=c2/ccc3ccccc3/c2=C/C/C=C\C=C/[C@H]1C. The fourth-order valence-corrected chi connectivity index (χ4v) is 2.54. The summed E-state index contributed by atoms with van der Waals surface area (Å²) in [5.74, 6) is 0.243. The van der Waals surface area contributed by atoms with Crippen LogP contribution in [0.4, 0.5) is 0 Å². The Morgan fingerprint density at radius 1 is 1.10 bits per heavy atom. The van der Waals surface area contributed by atoms with Crippen LogP contribution in [0.3, 0.4) is 0 Å². The summed E-state index contributed by atoms with van der Waals surface area (Å²) in [7, 11) is 0. The normalized spacial score (nSPS) is 24.8. The summed E-state index contributed by atoms with van der Waals surface area (Å²) in [5, 5.41) is 4.71. The number of allylic oxidation sites excluding steroid dienone is 4. The van der Waals surface area contributed by atoms with Gasteiger partial charge in [0.15, 0.2) is 0 Å². The Morgan fingerprint density at radius 3 is 2.86 bits per heavy atom. The summed E-state index contributed by atoms with van der Waals surface area (Å²) in [6.45, 7) is 6.25. The first-order chi connectivity index (χ1) is 10.3. The van der Waals surface area contributed by atoms with Crippen LogP contribution in [0.1, 0.15) is 13.3 Å². The topological polar surface area (TPSA) is 12.4 Å². The molecule has 3 rings (SSSR count). The van der Waals surface area contributed by atoms with Gasteiger partial charge < -0.3 is 0 Å². The standard InChI is InChI=1S/C20H19N/c1-15-9-5-3-4-6-12-19-18-11-8-7-10-17(18)13-14-20(19)21-16(15)2/h3-5,7-15H,2,6H2,1H3/b4-3-,9-5-,19-12-,21-20-/t15-/m1/s1. The molecular formula is C20H19N. The second-order valence-corrected chi connectivity index (χ2v) is 5.36. The van der Waals surface area contributed by atoms with E-state index >= 15 is 0 Å². The third-order valence-electron chi connectivity index (χ3n) is 3.84. The van der Waals surface area contributed by atoms with Gasteiger partial charge in [-0.05, 0) is 23.3 Å². The van der Waals surface area contributed by atoms with E-state index in [0.717, 1.165) is 17.5 Å². The minimum Gasteiger partial charge on any atom is -0.253 e. The zero-order chi connectivity index (χ0) is 14.7. The van der Waals surface area contributed by atoms with Gasteiger partial charge in [-0.1, -0.05) is 74.2 Å². The van der Waals surface area contributed by atoms with Crippen molar-refractivity contribution in [3.05, 3.63) is 83.6 Å². The first-order valence-corrected chi connectivity index (χ1v) is 7.34. The van der Waals surface area contributed by atoms with Crippen molar-refractivity contribution in [3.8, 4) is 0 Å². The van der Waals surface area contributed by atoms with Gasteiger partial charge >= 0.3 is 0 Å². The number of fused-ring (bicyclic) bond motifs is 3. The molecule has 1 aliphatic heterocycles. The lowest BCUT2D eigenvalue weighted by Crippen LogP contribution is -2.26. The van der Waals surface area contributed by atoms with Crippen molar-refractivity contribution < 1.29 is 0 Å². The lowest BCUT2D eigenvalue weighted by Gasteiger charge is -2.05. The molecule has 0 bridgehead atoms. The summed E-state index contributed by atoms with van der Waals surface area (Å²) < 4.78 is 0. The summed E-state index contributed by atoms with van der Waals surface area (Å²) >= 11 is 0. The van der Waals surface area contributed by atoms with Crippen molar-refractivity contribution in [1.82, 2.24) is 0 Å². The molecule has 0 N–H and O–H groups in total. The summed E-state index contributed by atoms with van der Waals surface area (Å²) in [5.41, 5.74) is 0.895. The molecular weight excluding hydrogens is 254 g/mol. The smallest absolute Gasteiger partial charge is 0.0708 e. The van der Waals surface area contributed by atoms with Crippen molar-refractivity contribution in [3.63, 3.8) is 0 Å². The monoisotopic (exact) mass is 273 g/mol. The van der Waals surface area contributed by atoms with Gasteiger partial charge in [0.05, 0.1) is 5.36 Å². The highest BCUT2D eigenvalue weighted by Crippen LogP contribution is 2.12. The largest absolute Gasteiger partial charge is 0.253 e. The Kier molecular flexibility index (Phi) is 3.83. The highest BCUT2D eigenvalue weighted by molar-refractivity contribution is 5.83. The van der Waals surface area contributed by atoms with Crippen LogP contribution in [-0.2, 0) is 0 Å². The third-order valence-corrected chi connectivity index (χ3v) is 3.84. The van der Waals surface area contributed by atoms with E-state index in [9.17, 15) is 0 Å². The zero-order valence-corrected chi connectivity index (χ0v) is 12.3.